The van der Waals surface area contributed by atoms with Gasteiger partial charge in [-0.2, -0.15) is 0 Å². The van der Waals surface area contributed by atoms with E-state index in [1.54, 1.807) is 30.6 Å². The standard InChI is InChI=1S/C21H15N3O/c25-20-12-2-1-10-19(20)23-14-16-8-4-11-18(24-16)17-9-3-6-15-7-5-13-22-21(15)17/h1-14,25H. The molecule has 4 nitrogen and oxygen atoms in total. The summed E-state index contributed by atoms with van der Waals surface area (Å²) in [5.74, 6) is 0.146. The molecule has 0 saturated carbocycles. The van der Waals surface area contributed by atoms with Crippen molar-refractivity contribution < 1.29 is 5.11 Å². The SMILES string of the molecule is Oc1ccccc1N=Cc1cccc(-c2cccc3cccnc23)n1. The quantitative estimate of drug-likeness (QED) is 0.553. The summed E-state index contributed by atoms with van der Waals surface area (Å²) in [6, 6.07) is 22.8. The Kier molecular flexibility index (Phi) is 3.92. The van der Waals surface area contributed by atoms with E-state index >= 15 is 0 Å². The third kappa shape index (κ3) is 3.10. The van der Waals surface area contributed by atoms with Crippen LogP contribution in [0.2, 0.25) is 0 Å². The second-order valence-corrected chi connectivity index (χ2v) is 5.58. The van der Waals surface area contributed by atoms with Crippen molar-refractivity contribution in [3.05, 3.63) is 84.7 Å². The first-order chi connectivity index (χ1) is 12.3. The Bertz CT molecular complexity index is 1070. The van der Waals surface area contributed by atoms with Gasteiger partial charge in [-0.3, -0.25) is 9.98 Å². The van der Waals surface area contributed by atoms with Gasteiger partial charge in [-0.15, -0.1) is 0 Å². The van der Waals surface area contributed by atoms with Gasteiger partial charge in [0.15, 0.2) is 0 Å². The van der Waals surface area contributed by atoms with Crippen molar-refractivity contribution >= 4 is 22.8 Å². The minimum Gasteiger partial charge on any atom is -0.506 e. The second-order valence-electron chi connectivity index (χ2n) is 5.58. The van der Waals surface area contributed by atoms with Gasteiger partial charge in [0, 0.05) is 17.1 Å². The highest BCUT2D eigenvalue weighted by atomic mass is 16.3. The predicted molar refractivity (Wildman–Crippen MR) is 100 cm³/mol. The highest BCUT2D eigenvalue weighted by molar-refractivity contribution is 5.93. The van der Waals surface area contributed by atoms with E-state index in [1.807, 2.05) is 54.6 Å². The zero-order valence-corrected chi connectivity index (χ0v) is 13.4. The molecule has 2 heterocycles. The van der Waals surface area contributed by atoms with Crippen LogP contribution in [0.25, 0.3) is 22.2 Å². The number of nitrogens with zero attached hydrogens (tertiary/aromatic N) is 3. The molecule has 4 aromatic rings. The number of hydrogen-bond donors (Lipinski definition) is 1. The largest absolute Gasteiger partial charge is 0.506 e. The monoisotopic (exact) mass is 325 g/mol. The summed E-state index contributed by atoms with van der Waals surface area (Å²) in [6.45, 7) is 0. The number of fused-ring (bicyclic) bond motifs is 1. The topological polar surface area (TPSA) is 58.4 Å². The maximum Gasteiger partial charge on any atom is 0.141 e. The van der Waals surface area contributed by atoms with Gasteiger partial charge in [0.25, 0.3) is 0 Å². The molecule has 0 saturated heterocycles. The fourth-order valence-electron chi connectivity index (χ4n) is 2.69. The Labute approximate surface area is 145 Å². The number of phenols is 1. The molecule has 0 aliphatic carbocycles. The lowest BCUT2D eigenvalue weighted by Crippen LogP contribution is -1.92. The molecule has 0 aliphatic heterocycles. The third-order valence-electron chi connectivity index (χ3n) is 3.90. The average molecular weight is 325 g/mol. The average Bonchev–Trinajstić information content (AvgIpc) is 2.67. The number of aromatic nitrogens is 2. The van der Waals surface area contributed by atoms with Crippen LogP contribution in [0.4, 0.5) is 5.69 Å². The lowest BCUT2D eigenvalue weighted by molar-refractivity contribution is 0.477. The van der Waals surface area contributed by atoms with Crippen molar-refractivity contribution in [3.8, 4) is 17.0 Å². The molecule has 25 heavy (non-hydrogen) atoms. The maximum absolute atomic E-state index is 9.80. The Balaban J connectivity index is 1.73. The molecule has 0 radical (unpaired) electrons. The number of para-hydroxylation sites is 3. The first-order valence-corrected chi connectivity index (χ1v) is 7.94. The van der Waals surface area contributed by atoms with Crippen molar-refractivity contribution in [1.82, 2.24) is 9.97 Å². The number of hydrogen-bond acceptors (Lipinski definition) is 4. The van der Waals surface area contributed by atoms with E-state index < -0.39 is 0 Å². The molecule has 0 amide bonds. The van der Waals surface area contributed by atoms with Gasteiger partial charge in [0.2, 0.25) is 0 Å². The van der Waals surface area contributed by atoms with Crippen LogP contribution in [0, 0.1) is 0 Å². The van der Waals surface area contributed by atoms with E-state index in [1.165, 1.54) is 0 Å². The van der Waals surface area contributed by atoms with E-state index in [4.69, 9.17) is 0 Å². The lowest BCUT2D eigenvalue weighted by atomic mass is 10.1. The molecule has 2 aromatic carbocycles. The van der Waals surface area contributed by atoms with Crippen molar-refractivity contribution in [2.24, 2.45) is 4.99 Å². The van der Waals surface area contributed by atoms with Crippen LogP contribution in [0.15, 0.2) is 84.0 Å². The molecular weight excluding hydrogens is 310 g/mol. The lowest BCUT2D eigenvalue weighted by Gasteiger charge is -2.06. The van der Waals surface area contributed by atoms with Gasteiger partial charge >= 0.3 is 0 Å². The molecule has 0 bridgehead atoms. The van der Waals surface area contributed by atoms with Crippen LogP contribution in [-0.4, -0.2) is 21.3 Å². The molecule has 0 aliphatic rings. The summed E-state index contributed by atoms with van der Waals surface area (Å²) >= 11 is 0. The van der Waals surface area contributed by atoms with Crippen LogP contribution in [0.5, 0.6) is 5.75 Å². The van der Waals surface area contributed by atoms with Crippen LogP contribution in [0.1, 0.15) is 5.69 Å². The number of aliphatic imine (C=N–C) groups is 1. The van der Waals surface area contributed by atoms with Crippen molar-refractivity contribution in [2.45, 2.75) is 0 Å². The van der Waals surface area contributed by atoms with Gasteiger partial charge in [-0.1, -0.05) is 42.5 Å². The molecule has 0 spiro atoms. The molecule has 2 aromatic heterocycles. The summed E-state index contributed by atoms with van der Waals surface area (Å²) < 4.78 is 0. The minimum absolute atomic E-state index is 0.146. The first-order valence-electron chi connectivity index (χ1n) is 7.94. The van der Waals surface area contributed by atoms with E-state index in [0.29, 0.717) is 11.4 Å². The summed E-state index contributed by atoms with van der Waals surface area (Å²) in [5.41, 5.74) is 3.98. The zero-order chi connectivity index (χ0) is 17.1. The first kappa shape index (κ1) is 15.0. The van der Waals surface area contributed by atoms with Gasteiger partial charge in [-0.05, 0) is 30.3 Å². The van der Waals surface area contributed by atoms with Crippen molar-refractivity contribution in [1.29, 1.82) is 0 Å². The minimum atomic E-state index is 0.146. The van der Waals surface area contributed by atoms with Crippen molar-refractivity contribution in [2.75, 3.05) is 0 Å². The van der Waals surface area contributed by atoms with E-state index in [9.17, 15) is 5.11 Å². The number of rotatable bonds is 3. The smallest absolute Gasteiger partial charge is 0.141 e. The Hall–Kier alpha value is -3.53. The number of aromatic hydroxyl groups is 1. The molecular formula is C21H15N3O. The predicted octanol–water partition coefficient (Wildman–Crippen LogP) is 4.75. The molecule has 4 heteroatoms. The van der Waals surface area contributed by atoms with Gasteiger partial charge in [0.1, 0.15) is 11.4 Å². The molecule has 120 valence electrons. The summed E-state index contributed by atoms with van der Waals surface area (Å²) in [4.78, 5) is 13.5. The van der Waals surface area contributed by atoms with Crippen LogP contribution < -0.4 is 0 Å². The fourth-order valence-corrected chi connectivity index (χ4v) is 2.69. The van der Waals surface area contributed by atoms with Gasteiger partial charge in [0.05, 0.1) is 23.1 Å². The summed E-state index contributed by atoms with van der Waals surface area (Å²) in [6.07, 6.45) is 3.44. The maximum atomic E-state index is 9.80. The Morgan fingerprint density at radius 2 is 1.68 bits per heavy atom. The van der Waals surface area contributed by atoms with E-state index in [-0.39, 0.29) is 5.75 Å². The fraction of sp³-hybridized carbons (Fsp3) is 0. The summed E-state index contributed by atoms with van der Waals surface area (Å²) in [5, 5.41) is 10.9. The van der Waals surface area contributed by atoms with Crippen LogP contribution >= 0.6 is 0 Å². The molecule has 4 rings (SSSR count). The Morgan fingerprint density at radius 3 is 2.60 bits per heavy atom. The van der Waals surface area contributed by atoms with E-state index in [0.717, 1.165) is 22.2 Å². The molecule has 0 fully saturated rings. The molecule has 0 unspecified atom stereocenters. The highest BCUT2D eigenvalue weighted by Crippen LogP contribution is 2.26. The normalized spacial score (nSPS) is 11.2. The van der Waals surface area contributed by atoms with Gasteiger partial charge in [-0.25, -0.2) is 4.98 Å². The van der Waals surface area contributed by atoms with Gasteiger partial charge < -0.3 is 5.11 Å². The van der Waals surface area contributed by atoms with Crippen LogP contribution in [0.3, 0.4) is 0 Å². The zero-order valence-electron chi connectivity index (χ0n) is 13.4. The molecule has 0 atom stereocenters. The second kappa shape index (κ2) is 6.53. The number of phenolic OH excluding ortho intramolecular Hbond substituents is 1. The van der Waals surface area contributed by atoms with Crippen molar-refractivity contribution in [3.63, 3.8) is 0 Å². The summed E-state index contributed by atoms with van der Waals surface area (Å²) in [7, 11) is 0. The number of benzene rings is 2. The Morgan fingerprint density at radius 1 is 0.840 bits per heavy atom. The molecule has 1 N–H and O–H groups in total. The third-order valence-corrected chi connectivity index (χ3v) is 3.90. The number of pyridine rings is 2. The van der Waals surface area contributed by atoms with E-state index in [2.05, 4.69) is 15.0 Å². The highest BCUT2D eigenvalue weighted by Gasteiger charge is 2.06. The van der Waals surface area contributed by atoms with Crippen LogP contribution in [-0.2, 0) is 0 Å².